The van der Waals surface area contributed by atoms with Crippen molar-refractivity contribution in [3.63, 3.8) is 0 Å². The molecule has 1 unspecified atom stereocenters. The Balaban J connectivity index is 2.44. The molecule has 2 rings (SSSR count). The highest BCUT2D eigenvalue weighted by Crippen LogP contribution is 2.23. The molecule has 2 aromatic rings. The zero-order valence-electron chi connectivity index (χ0n) is 17.3. The Morgan fingerprint density at radius 1 is 1.07 bits per heavy atom. The molecule has 0 aromatic heterocycles. The summed E-state index contributed by atoms with van der Waals surface area (Å²) in [6.45, 7) is 7.60. The fourth-order valence-corrected chi connectivity index (χ4v) is 2.76. The molecular weight excluding hydrogens is 360 g/mol. The number of nitrogens with one attached hydrogen (secondary N) is 1. The number of terminal acetylenes is 1. The van der Waals surface area contributed by atoms with Crippen LogP contribution in [0.25, 0.3) is 0 Å². The molecule has 0 saturated carbocycles. The van der Waals surface area contributed by atoms with E-state index in [9.17, 15) is 9.59 Å². The second-order valence-electron chi connectivity index (χ2n) is 7.81. The van der Waals surface area contributed by atoms with Gasteiger partial charge < -0.3 is 10.2 Å². The standard InChI is InChI=1S/C25H26N2O2/c1-6-18-27(22(28)17-14-20-10-8-7-9-11-20)23(24(29)26-25(3,4)5)21-15-12-19(2)13-16-21/h1,7-13,15-16,23H,18H2,2-5H3,(H,26,29). The van der Waals surface area contributed by atoms with Crippen molar-refractivity contribution in [2.24, 2.45) is 0 Å². The summed E-state index contributed by atoms with van der Waals surface area (Å²) in [4.78, 5) is 27.4. The number of nitrogens with zero attached hydrogens (tertiary/aromatic N) is 1. The van der Waals surface area contributed by atoms with Gasteiger partial charge in [-0.15, -0.1) is 6.42 Å². The van der Waals surface area contributed by atoms with Crippen LogP contribution in [0.1, 0.15) is 43.5 Å². The predicted octanol–water partition coefficient (Wildman–Crippen LogP) is 3.46. The van der Waals surface area contributed by atoms with Crippen molar-refractivity contribution < 1.29 is 9.59 Å². The maximum atomic E-state index is 13.1. The molecule has 4 nitrogen and oxygen atoms in total. The number of hydrogen-bond acceptors (Lipinski definition) is 2. The Morgan fingerprint density at radius 2 is 1.69 bits per heavy atom. The number of benzene rings is 2. The molecule has 0 spiro atoms. The lowest BCUT2D eigenvalue weighted by Gasteiger charge is -2.31. The molecule has 29 heavy (non-hydrogen) atoms. The summed E-state index contributed by atoms with van der Waals surface area (Å²) in [6.07, 6.45) is 5.52. The second kappa shape index (κ2) is 9.62. The molecule has 1 N–H and O–H groups in total. The molecule has 0 aliphatic rings. The second-order valence-corrected chi connectivity index (χ2v) is 7.81. The van der Waals surface area contributed by atoms with Gasteiger partial charge in [-0.3, -0.25) is 9.59 Å². The lowest BCUT2D eigenvalue weighted by Crippen LogP contribution is -2.49. The molecule has 0 fully saturated rings. The van der Waals surface area contributed by atoms with Gasteiger partial charge in [-0.25, -0.2) is 0 Å². The van der Waals surface area contributed by atoms with Crippen molar-refractivity contribution in [2.45, 2.75) is 39.3 Å². The van der Waals surface area contributed by atoms with Crippen LogP contribution < -0.4 is 5.32 Å². The fraction of sp³-hybridized carbons (Fsp3) is 0.280. The van der Waals surface area contributed by atoms with Crippen LogP contribution >= 0.6 is 0 Å². The third kappa shape index (κ3) is 6.55. The maximum absolute atomic E-state index is 13.1. The van der Waals surface area contributed by atoms with E-state index in [1.807, 2.05) is 82.3 Å². The summed E-state index contributed by atoms with van der Waals surface area (Å²) >= 11 is 0. The highest BCUT2D eigenvalue weighted by molar-refractivity contribution is 5.98. The van der Waals surface area contributed by atoms with E-state index in [-0.39, 0.29) is 12.5 Å². The van der Waals surface area contributed by atoms with Gasteiger partial charge in [-0.05, 0) is 45.4 Å². The Kier molecular flexibility index (Phi) is 7.23. The number of amides is 2. The van der Waals surface area contributed by atoms with Gasteiger partial charge >= 0.3 is 5.91 Å². The predicted molar refractivity (Wildman–Crippen MR) is 116 cm³/mol. The summed E-state index contributed by atoms with van der Waals surface area (Å²) in [5, 5.41) is 2.95. The summed E-state index contributed by atoms with van der Waals surface area (Å²) in [6, 6.07) is 15.8. The van der Waals surface area contributed by atoms with Gasteiger partial charge in [0, 0.05) is 17.0 Å². The molecule has 0 heterocycles. The highest BCUT2D eigenvalue weighted by atomic mass is 16.2. The Hall–Kier alpha value is -3.50. The van der Waals surface area contributed by atoms with Crippen molar-refractivity contribution in [1.29, 1.82) is 0 Å². The van der Waals surface area contributed by atoms with Crippen LogP contribution in [0.2, 0.25) is 0 Å². The Bertz CT molecular complexity index is 952. The van der Waals surface area contributed by atoms with Gasteiger partial charge in [0.2, 0.25) is 5.91 Å². The summed E-state index contributed by atoms with van der Waals surface area (Å²) in [5.74, 6) is 7.15. The van der Waals surface area contributed by atoms with Crippen molar-refractivity contribution in [1.82, 2.24) is 10.2 Å². The summed E-state index contributed by atoms with van der Waals surface area (Å²) in [7, 11) is 0. The van der Waals surface area contributed by atoms with Crippen LogP contribution in [-0.2, 0) is 9.59 Å². The third-order valence-corrected chi connectivity index (χ3v) is 4.06. The van der Waals surface area contributed by atoms with Crippen LogP contribution in [-0.4, -0.2) is 28.8 Å². The minimum Gasteiger partial charge on any atom is -0.349 e. The molecule has 4 heteroatoms. The lowest BCUT2D eigenvalue weighted by atomic mass is 10.0. The zero-order valence-corrected chi connectivity index (χ0v) is 17.3. The molecule has 2 aromatic carbocycles. The largest absolute Gasteiger partial charge is 0.349 e. The molecular formula is C25H26N2O2. The zero-order chi connectivity index (χ0) is 21.4. The van der Waals surface area contributed by atoms with Crippen LogP contribution in [0, 0.1) is 31.1 Å². The van der Waals surface area contributed by atoms with Gasteiger partial charge in [0.25, 0.3) is 0 Å². The van der Waals surface area contributed by atoms with E-state index >= 15 is 0 Å². The number of carbonyl (C=O) groups is 2. The smallest absolute Gasteiger partial charge is 0.300 e. The summed E-state index contributed by atoms with van der Waals surface area (Å²) in [5.41, 5.74) is 2.00. The molecule has 0 aliphatic carbocycles. The minimum atomic E-state index is -0.872. The number of carbonyl (C=O) groups excluding carboxylic acids is 2. The van der Waals surface area contributed by atoms with E-state index in [1.54, 1.807) is 0 Å². The van der Waals surface area contributed by atoms with Crippen LogP contribution in [0.15, 0.2) is 54.6 Å². The molecule has 0 radical (unpaired) electrons. The molecule has 148 valence electrons. The van der Waals surface area contributed by atoms with E-state index in [1.165, 1.54) is 4.90 Å². The van der Waals surface area contributed by atoms with Gasteiger partial charge in [0.1, 0.15) is 6.04 Å². The Morgan fingerprint density at radius 3 is 2.24 bits per heavy atom. The maximum Gasteiger partial charge on any atom is 0.300 e. The summed E-state index contributed by atoms with van der Waals surface area (Å²) < 4.78 is 0. The molecule has 0 aliphatic heterocycles. The van der Waals surface area contributed by atoms with Crippen LogP contribution in [0.5, 0.6) is 0 Å². The van der Waals surface area contributed by atoms with E-state index in [2.05, 4.69) is 23.1 Å². The van der Waals surface area contributed by atoms with Gasteiger partial charge in [-0.1, -0.05) is 59.9 Å². The molecule has 1 atom stereocenters. The van der Waals surface area contributed by atoms with Crippen molar-refractivity contribution >= 4 is 11.8 Å². The molecule has 0 saturated heterocycles. The lowest BCUT2D eigenvalue weighted by molar-refractivity contribution is -0.137. The van der Waals surface area contributed by atoms with E-state index < -0.39 is 17.5 Å². The first kappa shape index (κ1) is 21.8. The van der Waals surface area contributed by atoms with E-state index in [0.29, 0.717) is 11.1 Å². The average Bonchev–Trinajstić information content (AvgIpc) is 2.66. The van der Waals surface area contributed by atoms with E-state index in [4.69, 9.17) is 6.42 Å². The van der Waals surface area contributed by atoms with Gasteiger partial charge in [0.15, 0.2) is 0 Å². The van der Waals surface area contributed by atoms with Crippen molar-refractivity contribution in [2.75, 3.05) is 6.54 Å². The third-order valence-electron chi connectivity index (χ3n) is 4.06. The topological polar surface area (TPSA) is 49.4 Å². The first-order valence-electron chi connectivity index (χ1n) is 9.41. The monoisotopic (exact) mass is 386 g/mol. The number of aryl methyl sites for hydroxylation is 1. The average molecular weight is 386 g/mol. The van der Waals surface area contributed by atoms with Gasteiger partial charge in [0.05, 0.1) is 6.54 Å². The van der Waals surface area contributed by atoms with Gasteiger partial charge in [-0.2, -0.15) is 0 Å². The molecule has 2 amide bonds. The first-order valence-corrected chi connectivity index (χ1v) is 9.41. The number of rotatable bonds is 4. The van der Waals surface area contributed by atoms with Crippen molar-refractivity contribution in [3.8, 4) is 24.2 Å². The SMILES string of the molecule is C#CCN(C(=O)C#Cc1ccccc1)C(C(=O)NC(C)(C)C)c1ccc(C)cc1. The Labute approximate surface area is 173 Å². The van der Waals surface area contributed by atoms with Crippen LogP contribution in [0.3, 0.4) is 0 Å². The number of hydrogen-bond donors (Lipinski definition) is 1. The quantitative estimate of drug-likeness (QED) is 0.818. The normalized spacial score (nSPS) is 11.4. The molecule has 0 bridgehead atoms. The van der Waals surface area contributed by atoms with Crippen LogP contribution in [0.4, 0.5) is 0 Å². The highest BCUT2D eigenvalue weighted by Gasteiger charge is 2.32. The van der Waals surface area contributed by atoms with Crippen molar-refractivity contribution in [3.05, 3.63) is 71.3 Å². The first-order chi connectivity index (χ1) is 13.7. The van der Waals surface area contributed by atoms with E-state index in [0.717, 1.165) is 5.56 Å². The fourth-order valence-electron chi connectivity index (χ4n) is 2.76. The minimum absolute atomic E-state index is 0.0294.